The number of aliphatic hydroxyl groups is 1. The standard InChI is InChI=1S/C29H37ClN4O5S/c1-27(36)14-16-33(17-15-27)24-6-5-7-25(31-24)40(37,38)32-26(35)29(12-13-29)39-23-18-21(30)8-9-22(23)34-19-28(20-34)10-3-2-4-11-28/h5-9,18,36H,2-4,10-17,19-20H2,1H3,(H,32,35). The number of halogens is 1. The minimum absolute atomic E-state index is 0.228. The summed E-state index contributed by atoms with van der Waals surface area (Å²) >= 11 is 6.31. The monoisotopic (exact) mass is 588 g/mol. The number of hydrogen-bond acceptors (Lipinski definition) is 8. The van der Waals surface area contributed by atoms with Crippen LogP contribution in [0.2, 0.25) is 5.02 Å². The summed E-state index contributed by atoms with van der Waals surface area (Å²) in [7, 11) is -4.23. The third kappa shape index (κ3) is 5.50. The Morgan fingerprint density at radius 3 is 2.38 bits per heavy atom. The molecule has 1 spiro atoms. The summed E-state index contributed by atoms with van der Waals surface area (Å²) in [5.41, 5.74) is -0.749. The van der Waals surface area contributed by atoms with E-state index in [-0.39, 0.29) is 5.03 Å². The van der Waals surface area contributed by atoms with Crippen LogP contribution in [0.1, 0.15) is 64.7 Å². The minimum atomic E-state index is -4.23. The van der Waals surface area contributed by atoms with Gasteiger partial charge in [-0.2, -0.15) is 8.42 Å². The van der Waals surface area contributed by atoms with Crippen molar-refractivity contribution in [2.75, 3.05) is 36.0 Å². The maximum atomic E-state index is 13.3. The second-order valence-electron chi connectivity index (χ2n) is 12.4. The highest BCUT2D eigenvalue weighted by Gasteiger charge is 2.55. The van der Waals surface area contributed by atoms with Gasteiger partial charge in [0.15, 0.2) is 10.6 Å². The molecular weight excluding hydrogens is 552 g/mol. The van der Waals surface area contributed by atoms with E-state index in [1.807, 2.05) is 17.0 Å². The fourth-order valence-electron chi connectivity index (χ4n) is 6.30. The molecule has 2 saturated carbocycles. The van der Waals surface area contributed by atoms with Gasteiger partial charge in [0.2, 0.25) is 0 Å². The lowest BCUT2D eigenvalue weighted by atomic mass is 9.68. The summed E-state index contributed by atoms with van der Waals surface area (Å²) in [6, 6.07) is 10.2. The Hall–Kier alpha value is -2.56. The first kappa shape index (κ1) is 27.6. The van der Waals surface area contributed by atoms with Crippen molar-refractivity contribution in [3.05, 3.63) is 41.4 Å². The van der Waals surface area contributed by atoms with E-state index < -0.39 is 27.1 Å². The molecule has 1 amide bonds. The van der Waals surface area contributed by atoms with Crippen LogP contribution in [0.5, 0.6) is 5.75 Å². The number of carbonyl (C=O) groups is 1. The number of piperidine rings is 1. The molecule has 2 aromatic rings. The first-order chi connectivity index (χ1) is 19.0. The van der Waals surface area contributed by atoms with Gasteiger partial charge in [0.05, 0.1) is 11.3 Å². The Morgan fingerprint density at radius 1 is 1.00 bits per heavy atom. The van der Waals surface area contributed by atoms with Crippen LogP contribution in [0.15, 0.2) is 41.4 Å². The topological polar surface area (TPSA) is 112 Å². The summed E-state index contributed by atoms with van der Waals surface area (Å²) in [6.45, 7) is 4.83. The number of carbonyl (C=O) groups excluding carboxylic acids is 1. The van der Waals surface area contributed by atoms with E-state index in [4.69, 9.17) is 16.3 Å². The van der Waals surface area contributed by atoms with Crippen molar-refractivity contribution in [3.63, 3.8) is 0 Å². The number of pyridine rings is 1. The number of hydrogen-bond donors (Lipinski definition) is 2. The van der Waals surface area contributed by atoms with E-state index in [0.29, 0.717) is 60.8 Å². The molecule has 0 bridgehead atoms. The lowest BCUT2D eigenvalue weighted by molar-refractivity contribution is -0.127. The molecule has 0 atom stereocenters. The largest absolute Gasteiger partial charge is 0.475 e. The van der Waals surface area contributed by atoms with E-state index in [1.54, 1.807) is 25.1 Å². The molecule has 216 valence electrons. The van der Waals surface area contributed by atoms with Crippen LogP contribution in [0.3, 0.4) is 0 Å². The molecule has 0 unspecified atom stereocenters. The Kier molecular flexibility index (Phi) is 6.94. The number of sulfonamides is 1. The number of anilines is 2. The number of benzene rings is 1. The second kappa shape index (κ2) is 10.1. The highest BCUT2D eigenvalue weighted by molar-refractivity contribution is 7.90. The van der Waals surface area contributed by atoms with Crippen LogP contribution >= 0.6 is 11.6 Å². The molecular formula is C29H37ClN4O5S. The molecule has 9 nitrogen and oxygen atoms in total. The van der Waals surface area contributed by atoms with Gasteiger partial charge in [-0.05, 0) is 56.9 Å². The Bertz CT molecular complexity index is 1390. The predicted octanol–water partition coefficient (Wildman–Crippen LogP) is 4.27. The molecule has 2 aliphatic carbocycles. The van der Waals surface area contributed by atoms with Crippen molar-refractivity contribution >= 4 is 39.0 Å². The molecule has 4 fully saturated rings. The fraction of sp³-hybridized carbons (Fsp3) is 0.586. The molecule has 4 aliphatic rings. The zero-order valence-corrected chi connectivity index (χ0v) is 24.4. The average molecular weight is 589 g/mol. The summed E-state index contributed by atoms with van der Waals surface area (Å²) in [6.07, 6.45) is 8.27. The third-order valence-electron chi connectivity index (χ3n) is 9.03. The number of rotatable bonds is 7. The molecule has 2 aliphatic heterocycles. The second-order valence-corrected chi connectivity index (χ2v) is 14.4. The quantitative estimate of drug-likeness (QED) is 0.493. The number of nitrogens with zero attached hydrogens (tertiary/aromatic N) is 3. The Morgan fingerprint density at radius 2 is 1.70 bits per heavy atom. The van der Waals surface area contributed by atoms with E-state index in [0.717, 1.165) is 18.8 Å². The molecule has 3 heterocycles. The summed E-state index contributed by atoms with van der Waals surface area (Å²) in [5, 5.41) is 10.5. The van der Waals surface area contributed by atoms with Gasteiger partial charge < -0.3 is 19.6 Å². The van der Waals surface area contributed by atoms with Crippen LogP contribution in [-0.2, 0) is 14.8 Å². The Balaban J connectivity index is 1.15. The van der Waals surface area contributed by atoms with Gasteiger partial charge in [0, 0.05) is 55.5 Å². The molecule has 6 rings (SSSR count). The van der Waals surface area contributed by atoms with Crippen molar-refractivity contribution < 1.29 is 23.1 Å². The van der Waals surface area contributed by atoms with Crippen molar-refractivity contribution in [2.45, 2.75) is 80.9 Å². The van der Waals surface area contributed by atoms with Gasteiger partial charge in [-0.3, -0.25) is 4.79 Å². The summed E-state index contributed by atoms with van der Waals surface area (Å²) in [5.74, 6) is 0.299. The SMILES string of the molecule is CC1(O)CCN(c2cccc(S(=O)(=O)NC(=O)C3(Oc4cc(Cl)ccc4N4CC5(CCCCC5)C4)CC3)n2)CC1. The molecule has 40 heavy (non-hydrogen) atoms. The number of amides is 1. The van der Waals surface area contributed by atoms with Crippen LogP contribution in [-0.4, -0.2) is 61.8 Å². The number of nitrogens with one attached hydrogen (secondary N) is 1. The highest BCUT2D eigenvalue weighted by atomic mass is 35.5. The molecule has 0 radical (unpaired) electrons. The van der Waals surface area contributed by atoms with Crippen LogP contribution in [0, 0.1) is 5.41 Å². The highest BCUT2D eigenvalue weighted by Crippen LogP contribution is 2.50. The smallest absolute Gasteiger partial charge is 0.281 e. The van der Waals surface area contributed by atoms with Crippen LogP contribution in [0.25, 0.3) is 0 Å². The lowest BCUT2D eigenvalue weighted by Gasteiger charge is -2.53. The van der Waals surface area contributed by atoms with Crippen molar-refractivity contribution in [2.24, 2.45) is 5.41 Å². The van der Waals surface area contributed by atoms with E-state index >= 15 is 0 Å². The zero-order valence-electron chi connectivity index (χ0n) is 22.9. The normalized spacial score (nSPS) is 22.9. The zero-order chi connectivity index (χ0) is 28.2. The fourth-order valence-corrected chi connectivity index (χ4v) is 7.46. The van der Waals surface area contributed by atoms with Gasteiger partial charge in [-0.25, -0.2) is 9.71 Å². The van der Waals surface area contributed by atoms with Gasteiger partial charge >= 0.3 is 0 Å². The first-order valence-electron chi connectivity index (χ1n) is 14.2. The molecule has 1 aromatic heterocycles. The van der Waals surface area contributed by atoms with Gasteiger partial charge in [-0.1, -0.05) is 36.9 Å². The first-order valence-corrected chi connectivity index (χ1v) is 16.1. The van der Waals surface area contributed by atoms with Gasteiger partial charge in [-0.15, -0.1) is 0 Å². The molecule has 2 N–H and O–H groups in total. The van der Waals surface area contributed by atoms with Crippen molar-refractivity contribution in [1.82, 2.24) is 9.71 Å². The maximum absolute atomic E-state index is 13.3. The number of aromatic nitrogens is 1. The van der Waals surface area contributed by atoms with E-state index in [2.05, 4.69) is 14.6 Å². The number of ether oxygens (including phenoxy) is 1. The average Bonchev–Trinajstić information content (AvgIpc) is 3.69. The predicted molar refractivity (Wildman–Crippen MR) is 153 cm³/mol. The molecule has 1 aromatic carbocycles. The summed E-state index contributed by atoms with van der Waals surface area (Å²) < 4.78 is 35.0. The van der Waals surface area contributed by atoms with Crippen molar-refractivity contribution in [3.8, 4) is 5.75 Å². The maximum Gasteiger partial charge on any atom is 0.281 e. The van der Waals surface area contributed by atoms with Gasteiger partial charge in [0.1, 0.15) is 11.6 Å². The van der Waals surface area contributed by atoms with E-state index in [1.165, 1.54) is 38.2 Å². The third-order valence-corrected chi connectivity index (χ3v) is 10.5. The minimum Gasteiger partial charge on any atom is -0.475 e. The Labute approximate surface area is 240 Å². The molecule has 2 saturated heterocycles. The van der Waals surface area contributed by atoms with E-state index in [9.17, 15) is 18.3 Å². The van der Waals surface area contributed by atoms with Crippen LogP contribution < -0.4 is 19.3 Å². The lowest BCUT2D eigenvalue weighted by Crippen LogP contribution is -2.57. The summed E-state index contributed by atoms with van der Waals surface area (Å²) in [4.78, 5) is 21.9. The van der Waals surface area contributed by atoms with Gasteiger partial charge in [0.25, 0.3) is 15.9 Å². The van der Waals surface area contributed by atoms with Crippen molar-refractivity contribution in [1.29, 1.82) is 0 Å². The molecule has 11 heteroatoms. The van der Waals surface area contributed by atoms with Crippen LogP contribution in [0.4, 0.5) is 11.5 Å².